The van der Waals surface area contributed by atoms with Gasteiger partial charge < -0.3 is 34.5 Å². The first kappa shape index (κ1) is 33.1. The maximum atomic E-state index is 13.9. The van der Waals surface area contributed by atoms with Crippen LogP contribution in [0.5, 0.6) is 28.7 Å². The predicted octanol–water partition coefficient (Wildman–Crippen LogP) is 3.74. The fourth-order valence-corrected chi connectivity index (χ4v) is 8.94. The lowest BCUT2D eigenvalue weighted by Gasteiger charge is -2.60. The number of nitrogens with one attached hydrogen (secondary N) is 1. The highest BCUT2D eigenvalue weighted by Gasteiger charge is 2.57. The second-order valence-corrected chi connectivity index (χ2v) is 14.8. The molecule has 0 aliphatic carbocycles. The number of carbonyl (C=O) groups is 2. The lowest BCUT2D eigenvalue weighted by Crippen LogP contribution is -2.68. The summed E-state index contributed by atoms with van der Waals surface area (Å²) in [5.74, 6) is 1.20. The van der Waals surface area contributed by atoms with Gasteiger partial charge in [0.15, 0.2) is 23.0 Å². The molecule has 49 heavy (non-hydrogen) atoms. The smallest absolute Gasteiger partial charge is 0.410 e. The van der Waals surface area contributed by atoms with Gasteiger partial charge in [0, 0.05) is 47.4 Å². The van der Waals surface area contributed by atoms with Gasteiger partial charge in [0.2, 0.25) is 12.7 Å². The molecule has 13 heteroatoms. The summed E-state index contributed by atoms with van der Waals surface area (Å²) in [5.41, 5.74) is 3.72. The van der Waals surface area contributed by atoms with Gasteiger partial charge in [-0.25, -0.2) is 4.79 Å². The number of hydrogen-bond donors (Lipinski definition) is 3. The van der Waals surface area contributed by atoms with Crippen LogP contribution in [0.2, 0.25) is 0 Å². The van der Waals surface area contributed by atoms with Crippen LogP contribution in [0, 0.1) is 25.2 Å². The number of methoxy groups -OCH3 is 1. The van der Waals surface area contributed by atoms with E-state index in [-0.39, 0.29) is 48.9 Å². The molecule has 0 spiro atoms. The number of nitrogens with zero attached hydrogens (tertiary/aromatic N) is 4. The zero-order valence-corrected chi connectivity index (χ0v) is 29.1. The van der Waals surface area contributed by atoms with E-state index in [1.807, 2.05) is 20.0 Å². The number of hydrogen-bond acceptors (Lipinski definition) is 11. The number of amides is 2. The number of likely N-dealkylation sites (tertiary alicyclic amines) is 1. The number of phenols is 2. The van der Waals surface area contributed by atoms with Crippen LogP contribution in [0.15, 0.2) is 6.07 Å². The largest absolute Gasteiger partial charge is 0.507 e. The Hall–Kier alpha value is -4.41. The molecule has 2 aromatic rings. The lowest BCUT2D eigenvalue weighted by molar-refractivity contribution is -0.126. The summed E-state index contributed by atoms with van der Waals surface area (Å²) in [6, 6.07) is 1.75. The standard InChI is InChI=1S/C36H45N5O8/c1-17-11-19-12-22-24(14-37)41-23(28(39(22)6)26(19)30(43)31(17)46-7)13-20-27(33-32(47-16-48-33)18(2)29(20)42)25(41)15-38-34(44)21-9-8-10-40(21)35(45)49-36(3,4)5/h11,21-25,28,42-43H,8-10,12-13,15-16H2,1-7H3,(H,38,44)/t21-,22-,23?,24-,25-,28-/m0/s1. The highest BCUT2D eigenvalue weighted by atomic mass is 16.7. The number of rotatable bonds is 4. The van der Waals surface area contributed by atoms with Gasteiger partial charge in [-0.05, 0) is 78.5 Å². The Morgan fingerprint density at radius 3 is 2.53 bits per heavy atom. The minimum Gasteiger partial charge on any atom is -0.507 e. The zero-order valence-electron chi connectivity index (χ0n) is 29.1. The molecule has 0 aromatic heterocycles. The summed E-state index contributed by atoms with van der Waals surface area (Å²) in [6.45, 7) is 9.54. The van der Waals surface area contributed by atoms with Crippen molar-refractivity contribution in [3.63, 3.8) is 0 Å². The molecule has 262 valence electrons. The molecule has 2 amide bonds. The van der Waals surface area contributed by atoms with Gasteiger partial charge >= 0.3 is 6.09 Å². The fourth-order valence-electron chi connectivity index (χ4n) is 8.94. The first-order chi connectivity index (χ1) is 23.3. The lowest BCUT2D eigenvalue weighted by atomic mass is 9.71. The number of phenolic OH excluding ortho intramolecular Hbond substituents is 2. The van der Waals surface area contributed by atoms with Crippen molar-refractivity contribution in [2.24, 2.45) is 0 Å². The van der Waals surface area contributed by atoms with E-state index in [4.69, 9.17) is 18.9 Å². The van der Waals surface area contributed by atoms with E-state index in [1.165, 1.54) is 12.0 Å². The van der Waals surface area contributed by atoms with E-state index in [9.17, 15) is 25.1 Å². The van der Waals surface area contributed by atoms with Gasteiger partial charge in [-0.15, -0.1) is 0 Å². The number of likely N-dealkylation sites (N-methyl/N-ethyl adjacent to an activating group) is 1. The summed E-state index contributed by atoms with van der Waals surface area (Å²) in [6.07, 6.45) is 1.52. The molecule has 0 saturated carbocycles. The van der Waals surface area contributed by atoms with Crippen molar-refractivity contribution in [1.29, 1.82) is 5.26 Å². The van der Waals surface area contributed by atoms with Crippen LogP contribution in [0.1, 0.15) is 79.1 Å². The number of piperazine rings is 1. The van der Waals surface area contributed by atoms with Crippen LogP contribution in [0.4, 0.5) is 4.79 Å². The summed E-state index contributed by atoms with van der Waals surface area (Å²) in [4.78, 5) is 32.7. The molecule has 5 heterocycles. The third kappa shape index (κ3) is 5.10. The second kappa shape index (κ2) is 11.9. The maximum Gasteiger partial charge on any atom is 0.410 e. The molecular weight excluding hydrogens is 630 g/mol. The average Bonchev–Trinajstić information content (AvgIpc) is 3.73. The second-order valence-electron chi connectivity index (χ2n) is 14.8. The van der Waals surface area contributed by atoms with Crippen molar-refractivity contribution >= 4 is 12.0 Å². The molecular formula is C36H45N5O8. The van der Waals surface area contributed by atoms with Crippen molar-refractivity contribution in [2.75, 3.05) is 34.0 Å². The first-order valence-corrected chi connectivity index (χ1v) is 17.0. The highest BCUT2D eigenvalue weighted by molar-refractivity contribution is 5.86. The number of nitriles is 1. The number of fused-ring (bicyclic) bond motifs is 9. The van der Waals surface area contributed by atoms with Gasteiger partial charge in [0.1, 0.15) is 23.4 Å². The summed E-state index contributed by atoms with van der Waals surface area (Å²) in [7, 11) is 3.52. The summed E-state index contributed by atoms with van der Waals surface area (Å²) < 4.78 is 23.1. The van der Waals surface area contributed by atoms with Gasteiger partial charge in [-0.2, -0.15) is 5.26 Å². The number of aromatic hydroxyl groups is 2. The third-order valence-corrected chi connectivity index (χ3v) is 10.9. The Balaban J connectivity index is 1.32. The van der Waals surface area contributed by atoms with Crippen LogP contribution >= 0.6 is 0 Å². The van der Waals surface area contributed by atoms with Gasteiger partial charge in [0.25, 0.3) is 0 Å². The number of aryl methyl sites for hydroxylation is 1. The Morgan fingerprint density at radius 2 is 1.84 bits per heavy atom. The number of carbonyl (C=O) groups excluding carboxylic acids is 2. The minimum atomic E-state index is -0.705. The van der Waals surface area contributed by atoms with E-state index in [1.54, 1.807) is 27.7 Å². The van der Waals surface area contributed by atoms with Crippen molar-refractivity contribution in [3.8, 4) is 34.8 Å². The van der Waals surface area contributed by atoms with Crippen molar-refractivity contribution in [3.05, 3.63) is 39.4 Å². The van der Waals surface area contributed by atoms with Crippen LogP contribution in [0.25, 0.3) is 0 Å². The van der Waals surface area contributed by atoms with Crippen LogP contribution < -0.4 is 19.5 Å². The summed E-state index contributed by atoms with van der Waals surface area (Å²) in [5, 5.41) is 37.3. The predicted molar refractivity (Wildman–Crippen MR) is 177 cm³/mol. The van der Waals surface area contributed by atoms with Crippen LogP contribution in [-0.2, 0) is 22.4 Å². The third-order valence-electron chi connectivity index (χ3n) is 10.9. The molecule has 3 N–H and O–H groups in total. The highest BCUT2D eigenvalue weighted by Crippen LogP contribution is 2.58. The van der Waals surface area contributed by atoms with E-state index in [2.05, 4.69) is 21.2 Å². The van der Waals surface area contributed by atoms with Crippen molar-refractivity contribution in [2.45, 2.75) is 102 Å². The molecule has 1 unspecified atom stereocenters. The van der Waals surface area contributed by atoms with Crippen LogP contribution in [0.3, 0.4) is 0 Å². The number of benzene rings is 2. The molecule has 6 atom stereocenters. The van der Waals surface area contributed by atoms with Crippen LogP contribution in [-0.4, -0.2) is 101 Å². The topological polar surface area (TPSA) is 157 Å². The maximum absolute atomic E-state index is 13.9. The Bertz CT molecular complexity index is 1770. The summed E-state index contributed by atoms with van der Waals surface area (Å²) >= 11 is 0. The molecule has 0 radical (unpaired) electrons. The SMILES string of the molecule is COc1c(C)cc2c(c1O)[C@@H]1C3Cc4c(O)c(C)c5c(c4[C@H](CNC(=O)[C@@H]4CCCN4C(=O)OC(C)(C)C)N3[C@@H](C#N)[C@H](C2)N1C)OCO5. The van der Waals surface area contributed by atoms with Crippen molar-refractivity contribution < 1.29 is 38.7 Å². The first-order valence-electron chi connectivity index (χ1n) is 17.0. The molecule has 13 nitrogen and oxygen atoms in total. The zero-order chi connectivity index (χ0) is 35.1. The van der Waals surface area contributed by atoms with Gasteiger partial charge in [-0.1, -0.05) is 6.07 Å². The Morgan fingerprint density at radius 1 is 1.10 bits per heavy atom. The molecule has 5 aliphatic rings. The van der Waals surface area contributed by atoms with E-state index < -0.39 is 29.8 Å². The number of ether oxygens (including phenoxy) is 4. The molecule has 2 bridgehead atoms. The molecule has 2 aromatic carbocycles. The fraction of sp³-hybridized carbons (Fsp3) is 0.583. The quantitative estimate of drug-likeness (QED) is 0.434. The average molecular weight is 676 g/mol. The minimum absolute atomic E-state index is 0.0163. The Labute approximate surface area is 286 Å². The molecule has 5 aliphatic heterocycles. The normalized spacial score (nSPS) is 27.1. The monoisotopic (exact) mass is 675 g/mol. The van der Waals surface area contributed by atoms with E-state index >= 15 is 0 Å². The van der Waals surface area contributed by atoms with Gasteiger partial charge in [0.05, 0.1) is 25.3 Å². The molecule has 2 fully saturated rings. The Kier molecular flexibility index (Phi) is 8.02. The van der Waals surface area contributed by atoms with E-state index in [0.717, 1.165) is 16.7 Å². The molecule has 7 rings (SSSR count). The van der Waals surface area contributed by atoms with Crippen molar-refractivity contribution in [1.82, 2.24) is 20.0 Å². The molecule has 2 saturated heterocycles. The van der Waals surface area contributed by atoms with Gasteiger partial charge in [-0.3, -0.25) is 19.5 Å². The van der Waals surface area contributed by atoms with E-state index in [0.29, 0.717) is 66.2 Å².